The number of alkyl halides is 3. The third kappa shape index (κ3) is 4.27. The van der Waals surface area contributed by atoms with E-state index in [1.807, 2.05) is 5.32 Å². The van der Waals surface area contributed by atoms with Gasteiger partial charge >= 0.3 is 12.2 Å². The monoisotopic (exact) mass is 336 g/mol. The molecular formula is C14H16ClF3N2O2. The van der Waals surface area contributed by atoms with E-state index < -0.39 is 18.2 Å². The average molecular weight is 337 g/mol. The number of hydrogen-bond donors (Lipinski definition) is 1. The van der Waals surface area contributed by atoms with Crippen molar-refractivity contribution in [1.82, 2.24) is 10.2 Å². The van der Waals surface area contributed by atoms with Crippen molar-refractivity contribution in [2.45, 2.75) is 25.2 Å². The molecule has 122 valence electrons. The molecule has 0 radical (unpaired) electrons. The van der Waals surface area contributed by atoms with Crippen molar-refractivity contribution in [3.63, 3.8) is 0 Å². The number of halogens is 4. The summed E-state index contributed by atoms with van der Waals surface area (Å²) >= 11 is 5.81. The van der Waals surface area contributed by atoms with Crippen molar-refractivity contribution in [1.29, 1.82) is 0 Å². The highest BCUT2D eigenvalue weighted by Gasteiger charge is 2.38. The van der Waals surface area contributed by atoms with Crippen LogP contribution in [0, 0.1) is 0 Å². The first-order valence-electron chi connectivity index (χ1n) is 6.76. The number of urea groups is 1. The maximum absolute atomic E-state index is 12.5. The molecule has 1 aromatic carbocycles. The lowest BCUT2D eigenvalue weighted by molar-refractivity contribution is -0.149. The Morgan fingerprint density at radius 1 is 1.41 bits per heavy atom. The van der Waals surface area contributed by atoms with Crippen LogP contribution in [0.25, 0.3) is 0 Å². The molecule has 4 nitrogen and oxygen atoms in total. The van der Waals surface area contributed by atoms with Gasteiger partial charge in [-0.05, 0) is 24.6 Å². The predicted octanol–water partition coefficient (Wildman–Crippen LogP) is 3.37. The first-order valence-corrected chi connectivity index (χ1v) is 7.14. The Balaban J connectivity index is 1.98. The van der Waals surface area contributed by atoms with E-state index in [0.29, 0.717) is 5.02 Å². The van der Waals surface area contributed by atoms with Crippen molar-refractivity contribution in [3.8, 4) is 0 Å². The van der Waals surface area contributed by atoms with Gasteiger partial charge in [0.2, 0.25) is 0 Å². The van der Waals surface area contributed by atoms with Crippen LogP contribution in [0.5, 0.6) is 0 Å². The van der Waals surface area contributed by atoms with E-state index in [1.165, 1.54) is 4.90 Å². The minimum absolute atomic E-state index is 0.193. The molecule has 1 aromatic rings. The Hall–Kier alpha value is -1.47. The summed E-state index contributed by atoms with van der Waals surface area (Å²) in [6.45, 7) is 1.62. The number of benzene rings is 1. The molecule has 1 saturated heterocycles. The number of rotatable bonds is 2. The number of carbonyl (C=O) groups is 1. The van der Waals surface area contributed by atoms with Gasteiger partial charge in [0.1, 0.15) is 12.1 Å². The molecule has 0 unspecified atom stereocenters. The number of nitrogens with one attached hydrogen (secondary N) is 1. The Labute approximate surface area is 131 Å². The smallest absolute Gasteiger partial charge is 0.370 e. The maximum atomic E-state index is 12.5. The van der Waals surface area contributed by atoms with E-state index in [0.717, 1.165) is 12.5 Å². The first kappa shape index (κ1) is 16.9. The summed E-state index contributed by atoms with van der Waals surface area (Å²) in [4.78, 5) is 13.2. The zero-order valence-corrected chi connectivity index (χ0v) is 12.6. The van der Waals surface area contributed by atoms with Gasteiger partial charge in [0, 0.05) is 11.6 Å². The first-order chi connectivity index (χ1) is 10.3. The van der Waals surface area contributed by atoms with Crippen LogP contribution in [0.3, 0.4) is 0 Å². The van der Waals surface area contributed by atoms with Crippen LogP contribution in [0.15, 0.2) is 24.3 Å². The number of nitrogens with zero attached hydrogens (tertiary/aromatic N) is 1. The van der Waals surface area contributed by atoms with Gasteiger partial charge in [-0.2, -0.15) is 13.2 Å². The Bertz CT molecular complexity index is 522. The van der Waals surface area contributed by atoms with E-state index in [-0.39, 0.29) is 25.8 Å². The Morgan fingerprint density at radius 3 is 2.64 bits per heavy atom. The van der Waals surface area contributed by atoms with Gasteiger partial charge in [-0.25, -0.2) is 4.79 Å². The van der Waals surface area contributed by atoms with E-state index >= 15 is 0 Å². The van der Waals surface area contributed by atoms with Gasteiger partial charge in [-0.1, -0.05) is 23.7 Å². The highest BCUT2D eigenvalue weighted by Crippen LogP contribution is 2.24. The van der Waals surface area contributed by atoms with Crippen LogP contribution in [0.4, 0.5) is 18.0 Å². The molecular weight excluding hydrogens is 321 g/mol. The Kier molecular flexibility index (Phi) is 5.18. The van der Waals surface area contributed by atoms with E-state index in [4.69, 9.17) is 16.3 Å². The molecule has 1 N–H and O–H groups in total. The zero-order chi connectivity index (χ0) is 16.3. The molecule has 2 atom stereocenters. The molecule has 0 saturated carbocycles. The van der Waals surface area contributed by atoms with E-state index in [2.05, 4.69) is 0 Å². The number of carbonyl (C=O) groups excluding carboxylic acids is 1. The number of ether oxygens (including phenoxy) is 1. The number of amides is 2. The van der Waals surface area contributed by atoms with Gasteiger partial charge in [0.15, 0.2) is 0 Å². The van der Waals surface area contributed by atoms with Crippen molar-refractivity contribution in [3.05, 3.63) is 34.9 Å². The second kappa shape index (κ2) is 6.75. The molecule has 22 heavy (non-hydrogen) atoms. The second-order valence-corrected chi connectivity index (χ2v) is 5.51. The molecule has 1 aliphatic rings. The largest absolute Gasteiger partial charge is 0.408 e. The molecule has 2 amide bonds. The van der Waals surface area contributed by atoms with E-state index in [9.17, 15) is 18.0 Å². The van der Waals surface area contributed by atoms with Crippen LogP contribution in [0.1, 0.15) is 18.6 Å². The average Bonchev–Trinajstić information content (AvgIpc) is 2.47. The fourth-order valence-corrected chi connectivity index (χ4v) is 2.20. The van der Waals surface area contributed by atoms with Crippen molar-refractivity contribution in [2.75, 3.05) is 19.7 Å². The van der Waals surface area contributed by atoms with Gasteiger partial charge in [0.05, 0.1) is 13.2 Å². The molecule has 2 rings (SSSR count). The van der Waals surface area contributed by atoms with Crippen LogP contribution >= 0.6 is 11.6 Å². The minimum atomic E-state index is -4.46. The summed E-state index contributed by atoms with van der Waals surface area (Å²) in [5.74, 6) is 0. The summed E-state index contributed by atoms with van der Waals surface area (Å²) < 4.78 is 43.0. The lowest BCUT2D eigenvalue weighted by Gasteiger charge is -2.34. The van der Waals surface area contributed by atoms with Crippen LogP contribution in [-0.2, 0) is 4.74 Å². The van der Waals surface area contributed by atoms with Crippen molar-refractivity contribution >= 4 is 17.6 Å². The maximum Gasteiger partial charge on any atom is 0.408 e. The van der Waals surface area contributed by atoms with Crippen molar-refractivity contribution < 1.29 is 22.7 Å². The van der Waals surface area contributed by atoms with Gasteiger partial charge < -0.3 is 15.0 Å². The molecule has 0 aliphatic carbocycles. The molecule has 0 bridgehead atoms. The van der Waals surface area contributed by atoms with Crippen LogP contribution in [0.2, 0.25) is 5.02 Å². The number of morpholine rings is 1. The summed E-state index contributed by atoms with van der Waals surface area (Å²) in [6.07, 6.45) is -4.84. The molecule has 8 heteroatoms. The minimum Gasteiger partial charge on any atom is -0.370 e. The lowest BCUT2D eigenvalue weighted by Crippen LogP contribution is -2.52. The zero-order valence-electron chi connectivity index (χ0n) is 11.9. The fourth-order valence-electron chi connectivity index (χ4n) is 2.07. The standard InChI is InChI=1S/C14H16ClF3N2O2/c1-9(14(16,17)18)19-13(21)20-6-7-22-12(8-20)10-2-4-11(15)5-3-10/h2-5,9,12H,6-8H2,1H3,(H,19,21)/t9-,12+/m0/s1. The Morgan fingerprint density at radius 2 is 2.05 bits per heavy atom. The molecule has 1 fully saturated rings. The molecule has 0 spiro atoms. The molecule has 0 aromatic heterocycles. The highest BCUT2D eigenvalue weighted by molar-refractivity contribution is 6.30. The van der Waals surface area contributed by atoms with Crippen molar-refractivity contribution in [2.24, 2.45) is 0 Å². The van der Waals surface area contributed by atoms with Crippen LogP contribution < -0.4 is 5.32 Å². The number of hydrogen-bond acceptors (Lipinski definition) is 2. The van der Waals surface area contributed by atoms with E-state index in [1.54, 1.807) is 24.3 Å². The quantitative estimate of drug-likeness (QED) is 0.899. The summed E-state index contributed by atoms with van der Waals surface area (Å²) in [7, 11) is 0. The third-order valence-corrected chi connectivity index (χ3v) is 3.68. The molecule has 1 aliphatic heterocycles. The summed E-state index contributed by atoms with van der Waals surface area (Å²) in [6, 6.07) is 4.30. The molecule has 1 heterocycles. The SMILES string of the molecule is C[C@H](NC(=O)N1CCO[C@@H](c2ccc(Cl)cc2)C1)C(F)(F)F. The highest BCUT2D eigenvalue weighted by atomic mass is 35.5. The van der Waals surface area contributed by atoms with Crippen LogP contribution in [-0.4, -0.2) is 42.8 Å². The summed E-state index contributed by atoms with van der Waals surface area (Å²) in [5, 5.41) is 2.53. The topological polar surface area (TPSA) is 41.6 Å². The predicted molar refractivity (Wildman–Crippen MR) is 75.8 cm³/mol. The van der Waals surface area contributed by atoms with Gasteiger partial charge in [-0.3, -0.25) is 0 Å². The normalized spacial score (nSPS) is 20.6. The van der Waals surface area contributed by atoms with Gasteiger partial charge in [-0.15, -0.1) is 0 Å². The second-order valence-electron chi connectivity index (χ2n) is 5.07. The van der Waals surface area contributed by atoms with Gasteiger partial charge in [0.25, 0.3) is 0 Å². The lowest BCUT2D eigenvalue weighted by atomic mass is 10.1. The third-order valence-electron chi connectivity index (χ3n) is 3.43. The summed E-state index contributed by atoms with van der Waals surface area (Å²) in [5.41, 5.74) is 0.825. The fraction of sp³-hybridized carbons (Fsp3) is 0.500.